The maximum Gasteiger partial charge on any atom is 0.416 e. The maximum absolute atomic E-state index is 12.5. The lowest BCUT2D eigenvalue weighted by molar-refractivity contribution is -0.137. The Labute approximate surface area is 132 Å². The molecule has 0 saturated heterocycles. The number of carbonyl (C=O) groups excluding carboxylic acids is 1. The molecule has 1 atom stereocenters. The van der Waals surface area contributed by atoms with Crippen molar-refractivity contribution in [1.29, 1.82) is 0 Å². The average molecular weight is 323 g/mol. The monoisotopic (exact) mass is 323 g/mol. The summed E-state index contributed by atoms with van der Waals surface area (Å²) < 4.78 is 42.7. The van der Waals surface area contributed by atoms with E-state index in [-0.39, 0.29) is 5.91 Å². The van der Waals surface area contributed by atoms with E-state index in [0.29, 0.717) is 16.9 Å². The van der Waals surface area contributed by atoms with E-state index in [1.54, 1.807) is 31.2 Å². The van der Waals surface area contributed by atoms with Gasteiger partial charge in [-0.1, -0.05) is 18.2 Å². The number of carbonyl (C=O) groups is 1. The lowest BCUT2D eigenvalue weighted by Gasteiger charge is -2.16. The van der Waals surface area contributed by atoms with E-state index in [2.05, 4.69) is 5.32 Å². The minimum absolute atomic E-state index is 0.323. The number of benzene rings is 2. The Balaban J connectivity index is 2.09. The van der Waals surface area contributed by atoms with Gasteiger partial charge in [0.15, 0.2) is 0 Å². The zero-order valence-electron chi connectivity index (χ0n) is 12.6. The van der Waals surface area contributed by atoms with Crippen molar-refractivity contribution in [3.05, 3.63) is 65.2 Å². The minimum Gasteiger partial charge on any atom is -0.497 e. The summed E-state index contributed by atoms with van der Waals surface area (Å²) in [5.41, 5.74) is 0.296. The van der Waals surface area contributed by atoms with Crippen LogP contribution in [0.4, 0.5) is 13.2 Å². The van der Waals surface area contributed by atoms with Gasteiger partial charge in [0, 0.05) is 5.56 Å². The number of halogens is 3. The molecule has 0 aromatic heterocycles. The average Bonchev–Trinajstić information content (AvgIpc) is 2.54. The first kappa shape index (κ1) is 16.9. The molecule has 6 heteroatoms. The van der Waals surface area contributed by atoms with E-state index in [4.69, 9.17) is 4.74 Å². The summed E-state index contributed by atoms with van der Waals surface area (Å²) >= 11 is 0. The second kappa shape index (κ2) is 6.73. The predicted molar refractivity (Wildman–Crippen MR) is 80.3 cm³/mol. The number of amides is 1. The van der Waals surface area contributed by atoms with Crippen LogP contribution < -0.4 is 10.1 Å². The third-order valence-corrected chi connectivity index (χ3v) is 3.42. The first-order chi connectivity index (χ1) is 10.8. The summed E-state index contributed by atoms with van der Waals surface area (Å²) in [6.45, 7) is 1.71. The zero-order chi connectivity index (χ0) is 17.0. The number of methoxy groups -OCH3 is 1. The zero-order valence-corrected chi connectivity index (χ0v) is 12.6. The van der Waals surface area contributed by atoms with Gasteiger partial charge in [-0.3, -0.25) is 4.79 Å². The van der Waals surface area contributed by atoms with Crippen LogP contribution in [0.5, 0.6) is 5.75 Å². The molecule has 3 nitrogen and oxygen atoms in total. The van der Waals surface area contributed by atoms with Crippen LogP contribution in [0, 0.1) is 0 Å². The number of hydrogen-bond acceptors (Lipinski definition) is 2. The normalized spacial score (nSPS) is 12.6. The Kier molecular flexibility index (Phi) is 4.93. The van der Waals surface area contributed by atoms with Crippen LogP contribution in [0.3, 0.4) is 0 Å². The molecule has 2 aromatic carbocycles. The van der Waals surface area contributed by atoms with E-state index < -0.39 is 17.8 Å². The van der Waals surface area contributed by atoms with Crippen LogP contribution in [-0.2, 0) is 6.18 Å². The fourth-order valence-electron chi connectivity index (χ4n) is 2.09. The highest BCUT2D eigenvalue weighted by molar-refractivity contribution is 5.94. The van der Waals surface area contributed by atoms with Crippen molar-refractivity contribution in [3.63, 3.8) is 0 Å². The fraction of sp³-hybridized carbons (Fsp3) is 0.235. The number of ether oxygens (including phenoxy) is 1. The SMILES string of the molecule is COc1cccc(C(=O)NC(C)c2ccc(C(F)(F)F)cc2)c1. The Hall–Kier alpha value is -2.50. The van der Waals surface area contributed by atoms with Gasteiger partial charge in [0.2, 0.25) is 0 Å². The van der Waals surface area contributed by atoms with Gasteiger partial charge in [-0.05, 0) is 42.8 Å². The molecule has 2 aromatic rings. The second-order valence-corrected chi connectivity index (χ2v) is 5.05. The van der Waals surface area contributed by atoms with Crippen LogP contribution in [0.1, 0.15) is 34.5 Å². The highest BCUT2D eigenvalue weighted by Crippen LogP contribution is 2.29. The Bertz CT molecular complexity index is 681. The van der Waals surface area contributed by atoms with Gasteiger partial charge in [-0.25, -0.2) is 0 Å². The highest BCUT2D eigenvalue weighted by atomic mass is 19.4. The topological polar surface area (TPSA) is 38.3 Å². The molecular weight excluding hydrogens is 307 g/mol. The van der Waals surface area contributed by atoms with Crippen molar-refractivity contribution in [1.82, 2.24) is 5.32 Å². The molecule has 0 bridgehead atoms. The van der Waals surface area contributed by atoms with E-state index >= 15 is 0 Å². The molecular formula is C17H16F3NO2. The molecule has 0 heterocycles. The largest absolute Gasteiger partial charge is 0.497 e. The summed E-state index contributed by atoms with van der Waals surface area (Å²) in [7, 11) is 1.50. The van der Waals surface area contributed by atoms with E-state index in [1.807, 2.05) is 0 Å². The lowest BCUT2D eigenvalue weighted by atomic mass is 10.1. The molecule has 23 heavy (non-hydrogen) atoms. The smallest absolute Gasteiger partial charge is 0.416 e. The minimum atomic E-state index is -4.37. The molecule has 0 aliphatic rings. The van der Waals surface area contributed by atoms with Crippen molar-refractivity contribution in [2.75, 3.05) is 7.11 Å². The van der Waals surface area contributed by atoms with Crippen LogP contribution in [0.25, 0.3) is 0 Å². The van der Waals surface area contributed by atoms with Gasteiger partial charge < -0.3 is 10.1 Å². The molecule has 1 unspecified atom stereocenters. The third kappa shape index (κ3) is 4.25. The lowest BCUT2D eigenvalue weighted by Crippen LogP contribution is -2.26. The Morgan fingerprint density at radius 1 is 1.13 bits per heavy atom. The molecule has 0 spiro atoms. The van der Waals surface area contributed by atoms with Gasteiger partial charge in [0.05, 0.1) is 18.7 Å². The van der Waals surface area contributed by atoms with Crippen molar-refractivity contribution in [2.24, 2.45) is 0 Å². The van der Waals surface area contributed by atoms with Gasteiger partial charge in [-0.2, -0.15) is 13.2 Å². The van der Waals surface area contributed by atoms with Crippen molar-refractivity contribution in [2.45, 2.75) is 19.1 Å². The van der Waals surface area contributed by atoms with Gasteiger partial charge in [0.1, 0.15) is 5.75 Å². The summed E-state index contributed by atoms with van der Waals surface area (Å²) in [6, 6.07) is 10.9. The van der Waals surface area contributed by atoms with Crippen molar-refractivity contribution < 1.29 is 22.7 Å². The molecule has 0 fully saturated rings. The van der Waals surface area contributed by atoms with E-state index in [1.165, 1.54) is 19.2 Å². The summed E-state index contributed by atoms with van der Waals surface area (Å²) in [5.74, 6) is 0.233. The molecule has 0 aliphatic carbocycles. The van der Waals surface area contributed by atoms with E-state index in [0.717, 1.165) is 12.1 Å². The van der Waals surface area contributed by atoms with Crippen LogP contribution in [0.15, 0.2) is 48.5 Å². The van der Waals surface area contributed by atoms with Crippen molar-refractivity contribution >= 4 is 5.91 Å². The quantitative estimate of drug-likeness (QED) is 0.915. The fourth-order valence-corrected chi connectivity index (χ4v) is 2.09. The third-order valence-electron chi connectivity index (χ3n) is 3.42. The molecule has 1 amide bonds. The predicted octanol–water partition coefficient (Wildman–Crippen LogP) is 4.21. The number of rotatable bonds is 4. The molecule has 122 valence electrons. The Morgan fingerprint density at radius 3 is 2.35 bits per heavy atom. The molecule has 2 rings (SSSR count). The first-order valence-corrected chi connectivity index (χ1v) is 6.93. The molecule has 0 aliphatic heterocycles. The van der Waals surface area contributed by atoms with Gasteiger partial charge in [-0.15, -0.1) is 0 Å². The van der Waals surface area contributed by atoms with Crippen LogP contribution in [-0.4, -0.2) is 13.0 Å². The van der Waals surface area contributed by atoms with Gasteiger partial charge >= 0.3 is 6.18 Å². The maximum atomic E-state index is 12.5. The summed E-state index contributed by atoms with van der Waals surface area (Å²) in [5, 5.41) is 2.75. The van der Waals surface area contributed by atoms with Crippen molar-refractivity contribution in [3.8, 4) is 5.75 Å². The Morgan fingerprint density at radius 2 is 1.78 bits per heavy atom. The second-order valence-electron chi connectivity index (χ2n) is 5.05. The summed E-state index contributed by atoms with van der Waals surface area (Å²) in [4.78, 5) is 12.2. The number of alkyl halides is 3. The highest BCUT2D eigenvalue weighted by Gasteiger charge is 2.30. The van der Waals surface area contributed by atoms with Gasteiger partial charge in [0.25, 0.3) is 5.91 Å². The van der Waals surface area contributed by atoms with Crippen LogP contribution >= 0.6 is 0 Å². The number of nitrogens with one attached hydrogen (secondary N) is 1. The first-order valence-electron chi connectivity index (χ1n) is 6.93. The molecule has 1 N–H and O–H groups in total. The molecule has 0 saturated carbocycles. The van der Waals surface area contributed by atoms with E-state index in [9.17, 15) is 18.0 Å². The standard InChI is InChI=1S/C17H16F3NO2/c1-11(12-6-8-14(9-7-12)17(18,19)20)21-16(22)13-4-3-5-15(10-13)23-2/h3-11H,1-2H3,(H,21,22). The molecule has 0 radical (unpaired) electrons. The number of hydrogen-bond donors (Lipinski definition) is 1. The summed E-state index contributed by atoms with van der Waals surface area (Å²) in [6.07, 6.45) is -4.37. The van der Waals surface area contributed by atoms with Crippen LogP contribution in [0.2, 0.25) is 0 Å².